The highest BCUT2D eigenvalue weighted by Gasteiger charge is 2.46. The third kappa shape index (κ3) is 5.26. The van der Waals surface area contributed by atoms with Crippen molar-refractivity contribution in [3.05, 3.63) is 53.2 Å². The van der Waals surface area contributed by atoms with E-state index >= 15 is 8.78 Å². The molecule has 7 rings (SSSR count). The van der Waals surface area contributed by atoms with Gasteiger partial charge in [0.25, 0.3) is 0 Å². The van der Waals surface area contributed by atoms with Crippen LogP contribution in [0.2, 0.25) is 16.6 Å². The predicted molar refractivity (Wildman–Crippen MR) is 199 cm³/mol. The lowest BCUT2D eigenvalue weighted by Gasteiger charge is -2.43. The first kappa shape index (κ1) is 33.5. The highest BCUT2D eigenvalue weighted by Crippen LogP contribution is 2.49. The first-order chi connectivity index (χ1) is 23.0. The van der Waals surface area contributed by atoms with Crippen LogP contribution in [0.5, 0.6) is 0 Å². The average Bonchev–Trinajstić information content (AvgIpc) is 3.36. The number of pyridine rings is 1. The number of piperidine rings is 1. The molecule has 252 valence electrons. The summed E-state index contributed by atoms with van der Waals surface area (Å²) in [6.07, 6.45) is 4.48. The molecule has 0 N–H and O–H groups in total. The lowest BCUT2D eigenvalue weighted by Crippen LogP contribution is -2.49. The summed E-state index contributed by atoms with van der Waals surface area (Å²) in [6, 6.07) is 9.37. The van der Waals surface area contributed by atoms with Gasteiger partial charge in [0.1, 0.15) is 30.9 Å². The molecule has 0 unspecified atom stereocenters. The number of thioether (sulfide) groups is 1. The zero-order chi connectivity index (χ0) is 34.1. The minimum Gasteiger partial charge on any atom is -0.352 e. The van der Waals surface area contributed by atoms with Crippen molar-refractivity contribution >= 4 is 47.3 Å². The Balaban J connectivity index is 1.49. The Morgan fingerprint density at radius 1 is 0.958 bits per heavy atom. The fourth-order valence-corrected chi connectivity index (χ4v) is 15.7. The Morgan fingerprint density at radius 3 is 2.42 bits per heavy atom. The van der Waals surface area contributed by atoms with Gasteiger partial charge in [0.2, 0.25) is 0 Å². The van der Waals surface area contributed by atoms with E-state index in [1.54, 1.807) is 17.8 Å². The molecule has 2 aromatic heterocycles. The molecule has 48 heavy (non-hydrogen) atoms. The number of benzene rings is 2. The SMILES string of the molecule is CCSc1nc2c3c(nc(-c4cccc5ccc(F)c(C#C[Si](C(C)C)(C(C)C)C(C)C)c45)c(F)c3n1)C[C@H](C)[C@@H]1[C@@H]3CC[C@@H](C3)CN21. The number of hydrogen-bond donors (Lipinski definition) is 0. The van der Waals surface area contributed by atoms with E-state index in [2.05, 4.69) is 71.8 Å². The van der Waals surface area contributed by atoms with Crippen LogP contribution in [0, 0.1) is 40.9 Å². The molecule has 1 saturated carbocycles. The summed E-state index contributed by atoms with van der Waals surface area (Å²) >= 11 is 1.55. The number of nitrogens with zero attached hydrogens (tertiary/aromatic N) is 4. The van der Waals surface area contributed by atoms with Crippen LogP contribution in [0.25, 0.3) is 32.9 Å². The lowest BCUT2D eigenvalue weighted by molar-refractivity contribution is 0.265. The van der Waals surface area contributed by atoms with Crippen LogP contribution in [-0.4, -0.2) is 41.4 Å². The summed E-state index contributed by atoms with van der Waals surface area (Å²) < 4.78 is 33.3. The molecule has 3 aliphatic rings. The third-order valence-electron chi connectivity index (χ3n) is 11.9. The van der Waals surface area contributed by atoms with Gasteiger partial charge < -0.3 is 4.90 Å². The molecular weight excluding hydrogens is 635 g/mol. The second-order valence-electron chi connectivity index (χ2n) is 15.4. The van der Waals surface area contributed by atoms with E-state index in [-0.39, 0.29) is 11.5 Å². The van der Waals surface area contributed by atoms with E-state index in [0.717, 1.165) is 41.0 Å². The van der Waals surface area contributed by atoms with Crippen molar-refractivity contribution in [2.24, 2.45) is 17.8 Å². The van der Waals surface area contributed by atoms with Gasteiger partial charge >= 0.3 is 0 Å². The first-order valence-corrected chi connectivity index (χ1v) is 21.2. The molecule has 2 bridgehead atoms. The van der Waals surface area contributed by atoms with E-state index < -0.39 is 13.9 Å². The van der Waals surface area contributed by atoms with Crippen LogP contribution < -0.4 is 4.90 Å². The second-order valence-corrected chi connectivity index (χ2v) is 22.3. The van der Waals surface area contributed by atoms with E-state index in [0.29, 0.717) is 67.6 Å². The maximum absolute atomic E-state index is 17.3. The molecule has 0 radical (unpaired) electrons. The van der Waals surface area contributed by atoms with Gasteiger partial charge in [-0.3, -0.25) is 0 Å². The largest absolute Gasteiger partial charge is 0.352 e. The van der Waals surface area contributed by atoms with Crippen molar-refractivity contribution < 1.29 is 8.78 Å². The smallest absolute Gasteiger partial charge is 0.190 e. The van der Waals surface area contributed by atoms with Crippen molar-refractivity contribution in [3.8, 4) is 22.7 Å². The van der Waals surface area contributed by atoms with E-state index in [1.807, 2.05) is 18.2 Å². The number of fused-ring (bicyclic) bond motifs is 6. The third-order valence-corrected chi connectivity index (χ3v) is 18.9. The molecule has 1 aliphatic carbocycles. The molecule has 0 amide bonds. The highest BCUT2D eigenvalue weighted by molar-refractivity contribution is 7.99. The van der Waals surface area contributed by atoms with Crippen LogP contribution in [0.15, 0.2) is 35.5 Å². The van der Waals surface area contributed by atoms with Crippen LogP contribution in [0.3, 0.4) is 0 Å². The summed E-state index contributed by atoms with van der Waals surface area (Å²) in [5.41, 5.74) is 7.23. The zero-order valence-electron chi connectivity index (χ0n) is 29.6. The molecule has 0 spiro atoms. The minimum absolute atomic E-state index is 0.225. The van der Waals surface area contributed by atoms with Crippen LogP contribution in [-0.2, 0) is 6.42 Å². The molecule has 4 aromatic rings. The molecule has 2 aromatic carbocycles. The molecule has 4 atom stereocenters. The number of aromatic nitrogens is 3. The van der Waals surface area contributed by atoms with Gasteiger partial charge in [-0.2, -0.15) is 0 Å². The van der Waals surface area contributed by atoms with Crippen molar-refractivity contribution in [1.29, 1.82) is 0 Å². The zero-order valence-corrected chi connectivity index (χ0v) is 31.4. The molecule has 2 fully saturated rings. The van der Waals surface area contributed by atoms with Gasteiger partial charge in [-0.05, 0) is 77.3 Å². The molecule has 2 aliphatic heterocycles. The topological polar surface area (TPSA) is 41.9 Å². The summed E-state index contributed by atoms with van der Waals surface area (Å²) in [6.45, 7) is 18.9. The number of hydrogen-bond acceptors (Lipinski definition) is 5. The van der Waals surface area contributed by atoms with Crippen LogP contribution >= 0.6 is 11.8 Å². The van der Waals surface area contributed by atoms with Crippen molar-refractivity contribution in [2.45, 2.75) is 109 Å². The molecule has 4 heterocycles. The summed E-state index contributed by atoms with van der Waals surface area (Å²) in [7, 11) is -2.17. The standard InChI is InChI=1S/C40H48F2N4SSi/c1-9-47-40-44-37-34-32(19-25(8)38-28-14-13-26(20-28)21-46(38)39(34)45-40)43-36(35(37)42)30-12-10-11-27-15-16-31(41)29(33(27)30)17-18-48(22(2)3,23(4)5)24(6)7/h10-12,15-16,22-26,28,38H,9,13-14,19-21H2,1-8H3/t25-,26-,28+,38+/m0/s1. The van der Waals surface area contributed by atoms with Crippen molar-refractivity contribution in [1.82, 2.24) is 15.0 Å². The fraction of sp³-hybridized carbons (Fsp3) is 0.525. The maximum Gasteiger partial charge on any atom is 0.190 e. The van der Waals surface area contributed by atoms with Crippen LogP contribution in [0.1, 0.15) is 85.9 Å². The quantitative estimate of drug-likeness (QED) is 0.0876. The van der Waals surface area contributed by atoms with E-state index in [9.17, 15) is 0 Å². The second kappa shape index (κ2) is 12.7. The molecule has 1 saturated heterocycles. The summed E-state index contributed by atoms with van der Waals surface area (Å²) in [5.74, 6) is 5.79. The van der Waals surface area contributed by atoms with E-state index in [4.69, 9.17) is 15.0 Å². The Labute approximate surface area is 289 Å². The maximum atomic E-state index is 17.3. The number of anilines is 1. The average molecular weight is 683 g/mol. The predicted octanol–water partition coefficient (Wildman–Crippen LogP) is 10.6. The normalized spacial score (nSPS) is 22.1. The van der Waals surface area contributed by atoms with Crippen molar-refractivity contribution in [2.75, 3.05) is 17.2 Å². The van der Waals surface area contributed by atoms with Gasteiger partial charge in [0, 0.05) is 23.5 Å². The van der Waals surface area contributed by atoms with Gasteiger partial charge in [-0.15, -0.1) is 5.54 Å². The van der Waals surface area contributed by atoms with Crippen LogP contribution in [0.4, 0.5) is 14.6 Å². The van der Waals surface area contributed by atoms with Gasteiger partial charge in [-0.25, -0.2) is 23.7 Å². The first-order valence-electron chi connectivity index (χ1n) is 18.0. The molecule has 4 nitrogen and oxygen atoms in total. The Hall–Kier alpha value is -3.02. The number of rotatable bonds is 6. The fourth-order valence-electron chi connectivity index (χ4n) is 9.88. The monoisotopic (exact) mass is 682 g/mol. The van der Waals surface area contributed by atoms with Crippen molar-refractivity contribution in [3.63, 3.8) is 0 Å². The van der Waals surface area contributed by atoms with E-state index in [1.165, 1.54) is 25.3 Å². The number of halogens is 2. The molecular formula is C40H48F2N4SSi. The highest BCUT2D eigenvalue weighted by atomic mass is 32.2. The van der Waals surface area contributed by atoms with Gasteiger partial charge in [0.15, 0.2) is 11.0 Å². The van der Waals surface area contributed by atoms with Gasteiger partial charge in [0.05, 0.1) is 16.6 Å². The summed E-state index contributed by atoms with van der Waals surface area (Å²) in [5, 5.41) is 2.79. The Kier molecular flexibility index (Phi) is 8.86. The molecule has 8 heteroatoms. The summed E-state index contributed by atoms with van der Waals surface area (Å²) in [4.78, 5) is 17.6. The minimum atomic E-state index is -2.17. The van der Waals surface area contributed by atoms with Gasteiger partial charge in [-0.1, -0.05) is 97.3 Å². The lowest BCUT2D eigenvalue weighted by atomic mass is 9.82. The Morgan fingerprint density at radius 2 is 1.71 bits per heavy atom. The Bertz CT molecular complexity index is 1940.